The molecule has 2 rings (SSSR count). The molecule has 1 N–H and O–H groups in total. The number of hydrogen-bond donors (Lipinski definition) is 1. The Labute approximate surface area is 172 Å². The van der Waals surface area contributed by atoms with E-state index < -0.39 is 32.2 Å². The zero-order valence-corrected chi connectivity index (χ0v) is 18.4. The van der Waals surface area contributed by atoms with Crippen molar-refractivity contribution >= 4 is 21.8 Å². The van der Waals surface area contributed by atoms with E-state index in [-0.39, 0.29) is 17.7 Å². The zero-order chi connectivity index (χ0) is 22.0. The lowest BCUT2D eigenvalue weighted by Crippen LogP contribution is -2.58. The number of amides is 2. The van der Waals surface area contributed by atoms with E-state index in [2.05, 4.69) is 4.72 Å². The van der Waals surface area contributed by atoms with E-state index in [0.717, 1.165) is 12.1 Å². The highest BCUT2D eigenvalue weighted by molar-refractivity contribution is 7.89. The average Bonchev–Trinajstić information content (AvgIpc) is 2.64. The summed E-state index contributed by atoms with van der Waals surface area (Å²) >= 11 is 0. The van der Waals surface area contributed by atoms with Crippen molar-refractivity contribution in [3.05, 3.63) is 30.1 Å². The van der Waals surface area contributed by atoms with Crippen LogP contribution in [0.4, 0.5) is 4.39 Å². The van der Waals surface area contributed by atoms with Gasteiger partial charge in [-0.3, -0.25) is 9.59 Å². The van der Waals surface area contributed by atoms with Crippen molar-refractivity contribution in [3.63, 3.8) is 0 Å². The van der Waals surface area contributed by atoms with Gasteiger partial charge in [0.2, 0.25) is 21.8 Å². The van der Waals surface area contributed by atoms with Crippen molar-refractivity contribution in [3.8, 4) is 0 Å². The third kappa shape index (κ3) is 5.54. The summed E-state index contributed by atoms with van der Waals surface area (Å²) in [6.07, 6.45) is 0. The molecule has 0 unspecified atom stereocenters. The van der Waals surface area contributed by atoms with Crippen LogP contribution in [-0.2, 0) is 19.6 Å². The lowest BCUT2D eigenvalue weighted by atomic mass is 9.94. The predicted molar refractivity (Wildman–Crippen MR) is 108 cm³/mol. The second-order valence-electron chi connectivity index (χ2n) is 8.64. The van der Waals surface area contributed by atoms with Crippen LogP contribution in [0.15, 0.2) is 29.2 Å². The fraction of sp³-hybridized carbons (Fsp3) is 0.600. The SMILES string of the molecule is CC(C)[C@H](NS(=O)(=O)c1ccccc1F)C(=O)N1CCN(C(=O)C(C)(C)C)CC1. The first kappa shape index (κ1) is 23.3. The van der Waals surface area contributed by atoms with Crippen LogP contribution < -0.4 is 4.72 Å². The lowest BCUT2D eigenvalue weighted by Gasteiger charge is -2.39. The molecule has 162 valence electrons. The number of hydrogen-bond acceptors (Lipinski definition) is 4. The van der Waals surface area contributed by atoms with Crippen LogP contribution in [0.1, 0.15) is 34.6 Å². The molecule has 2 amide bonds. The molecule has 1 aliphatic heterocycles. The Morgan fingerprint density at radius 1 is 1.03 bits per heavy atom. The van der Waals surface area contributed by atoms with Gasteiger partial charge in [0, 0.05) is 31.6 Å². The summed E-state index contributed by atoms with van der Waals surface area (Å²) in [5.41, 5.74) is -0.498. The Morgan fingerprint density at radius 2 is 1.55 bits per heavy atom. The molecule has 0 saturated carbocycles. The molecular weight excluding hydrogens is 397 g/mol. The number of nitrogens with zero attached hydrogens (tertiary/aromatic N) is 2. The zero-order valence-electron chi connectivity index (χ0n) is 17.6. The molecule has 1 aliphatic rings. The lowest BCUT2D eigenvalue weighted by molar-refractivity contribution is -0.145. The van der Waals surface area contributed by atoms with E-state index in [1.807, 2.05) is 20.8 Å². The maximum Gasteiger partial charge on any atom is 0.244 e. The van der Waals surface area contributed by atoms with Crippen molar-refractivity contribution in [1.29, 1.82) is 0 Å². The Kier molecular flexibility index (Phi) is 7.06. The van der Waals surface area contributed by atoms with Gasteiger partial charge in [0.25, 0.3) is 0 Å². The predicted octanol–water partition coefficient (Wildman–Crippen LogP) is 1.85. The van der Waals surface area contributed by atoms with Crippen LogP contribution in [0.2, 0.25) is 0 Å². The maximum absolute atomic E-state index is 14.0. The van der Waals surface area contributed by atoms with Crippen LogP contribution in [0.3, 0.4) is 0 Å². The molecule has 0 bridgehead atoms. The molecule has 1 aromatic carbocycles. The van der Waals surface area contributed by atoms with Gasteiger partial charge in [0.1, 0.15) is 16.8 Å². The molecular formula is C20H30FN3O4S. The van der Waals surface area contributed by atoms with Gasteiger partial charge in [-0.25, -0.2) is 12.8 Å². The van der Waals surface area contributed by atoms with Gasteiger partial charge in [-0.2, -0.15) is 4.72 Å². The van der Waals surface area contributed by atoms with Crippen LogP contribution in [-0.4, -0.2) is 62.3 Å². The first-order valence-corrected chi connectivity index (χ1v) is 11.2. The summed E-state index contributed by atoms with van der Waals surface area (Å²) in [7, 11) is -4.20. The molecule has 0 spiro atoms. The summed E-state index contributed by atoms with van der Waals surface area (Å²) in [6.45, 7) is 10.4. The highest BCUT2D eigenvalue weighted by atomic mass is 32.2. The van der Waals surface area contributed by atoms with E-state index >= 15 is 0 Å². The molecule has 1 fully saturated rings. The third-order valence-corrected chi connectivity index (χ3v) is 6.34. The Balaban J connectivity index is 2.11. The Hall–Kier alpha value is -2.00. The minimum atomic E-state index is -4.20. The van der Waals surface area contributed by atoms with Crippen LogP contribution in [0.5, 0.6) is 0 Å². The molecule has 29 heavy (non-hydrogen) atoms. The normalized spacial score (nSPS) is 16.8. The van der Waals surface area contributed by atoms with Gasteiger partial charge < -0.3 is 9.80 Å². The topological polar surface area (TPSA) is 86.8 Å². The number of benzene rings is 1. The number of halogens is 1. The summed E-state index contributed by atoms with van der Waals surface area (Å²) in [6, 6.07) is 4.03. The summed E-state index contributed by atoms with van der Waals surface area (Å²) in [4.78, 5) is 28.2. The molecule has 1 saturated heterocycles. The summed E-state index contributed by atoms with van der Waals surface area (Å²) < 4.78 is 41.6. The van der Waals surface area contributed by atoms with Gasteiger partial charge >= 0.3 is 0 Å². The molecule has 1 aromatic rings. The third-order valence-electron chi connectivity index (χ3n) is 4.86. The highest BCUT2D eigenvalue weighted by Gasteiger charge is 2.36. The molecule has 7 nitrogen and oxygen atoms in total. The highest BCUT2D eigenvalue weighted by Crippen LogP contribution is 2.20. The molecule has 0 radical (unpaired) electrons. The van der Waals surface area contributed by atoms with E-state index in [0.29, 0.717) is 26.2 Å². The van der Waals surface area contributed by atoms with E-state index in [9.17, 15) is 22.4 Å². The van der Waals surface area contributed by atoms with E-state index in [1.165, 1.54) is 12.1 Å². The van der Waals surface area contributed by atoms with Gasteiger partial charge in [-0.15, -0.1) is 0 Å². The number of nitrogens with one attached hydrogen (secondary N) is 1. The van der Waals surface area contributed by atoms with Crippen LogP contribution in [0.25, 0.3) is 0 Å². The van der Waals surface area contributed by atoms with Crippen molar-refractivity contribution in [2.24, 2.45) is 11.3 Å². The second kappa shape index (κ2) is 8.79. The number of rotatable bonds is 5. The number of piperazine rings is 1. The van der Waals surface area contributed by atoms with E-state index in [1.54, 1.807) is 23.6 Å². The first-order chi connectivity index (χ1) is 13.3. The number of carbonyl (C=O) groups excluding carboxylic acids is 2. The quantitative estimate of drug-likeness (QED) is 0.777. The Morgan fingerprint density at radius 3 is 2.03 bits per heavy atom. The van der Waals surface area contributed by atoms with Gasteiger partial charge in [0.05, 0.1) is 0 Å². The molecule has 0 aromatic heterocycles. The molecule has 9 heteroatoms. The first-order valence-electron chi connectivity index (χ1n) is 9.69. The van der Waals surface area contributed by atoms with Crippen molar-refractivity contribution in [2.75, 3.05) is 26.2 Å². The molecule has 1 atom stereocenters. The largest absolute Gasteiger partial charge is 0.339 e. The smallest absolute Gasteiger partial charge is 0.244 e. The van der Waals surface area contributed by atoms with E-state index in [4.69, 9.17) is 0 Å². The minimum absolute atomic E-state index is 0.0188. The van der Waals surface area contributed by atoms with Crippen molar-refractivity contribution in [2.45, 2.75) is 45.6 Å². The van der Waals surface area contributed by atoms with Crippen molar-refractivity contribution < 1.29 is 22.4 Å². The number of sulfonamides is 1. The summed E-state index contributed by atoms with van der Waals surface area (Å²) in [5.74, 6) is -1.56. The minimum Gasteiger partial charge on any atom is -0.339 e. The van der Waals surface area contributed by atoms with Gasteiger partial charge in [-0.05, 0) is 18.1 Å². The van der Waals surface area contributed by atoms with Gasteiger partial charge in [0.15, 0.2) is 0 Å². The Bertz CT molecular complexity index is 857. The van der Waals surface area contributed by atoms with Crippen molar-refractivity contribution in [1.82, 2.24) is 14.5 Å². The monoisotopic (exact) mass is 427 g/mol. The standard InChI is InChI=1S/C20H30FN3O4S/c1-14(2)17(22-29(27,28)16-9-7-6-8-15(16)21)18(25)23-10-12-24(13-11-23)19(26)20(3,4)5/h6-9,14,17,22H,10-13H2,1-5H3/t17-/m0/s1. The number of carbonyl (C=O) groups is 2. The van der Waals surface area contributed by atoms with Crippen LogP contribution >= 0.6 is 0 Å². The van der Waals surface area contributed by atoms with Crippen LogP contribution in [0, 0.1) is 17.2 Å². The fourth-order valence-corrected chi connectivity index (χ4v) is 4.58. The summed E-state index contributed by atoms with van der Waals surface area (Å²) in [5, 5.41) is 0. The second-order valence-corrected chi connectivity index (χ2v) is 10.3. The molecule has 0 aliphatic carbocycles. The average molecular weight is 428 g/mol. The fourth-order valence-electron chi connectivity index (χ4n) is 3.17. The molecule has 1 heterocycles. The van der Waals surface area contributed by atoms with Gasteiger partial charge in [-0.1, -0.05) is 46.8 Å². The maximum atomic E-state index is 14.0.